The smallest absolute Gasteiger partial charge is 0.143 e. The molecular formula is C54H37NO. The minimum atomic E-state index is 0.898. The number of furan rings is 1. The van der Waals surface area contributed by atoms with Crippen molar-refractivity contribution in [2.24, 2.45) is 0 Å². The second-order valence-corrected chi connectivity index (χ2v) is 14.1. The van der Waals surface area contributed by atoms with E-state index in [-0.39, 0.29) is 0 Å². The third kappa shape index (κ3) is 6.14. The second kappa shape index (κ2) is 14.4. The van der Waals surface area contributed by atoms with Gasteiger partial charge < -0.3 is 9.32 Å². The summed E-state index contributed by atoms with van der Waals surface area (Å²) in [4.78, 5) is 2.37. The van der Waals surface area contributed by atoms with E-state index in [1.807, 2.05) is 6.07 Å². The summed E-state index contributed by atoms with van der Waals surface area (Å²) in [5.74, 6) is 0. The van der Waals surface area contributed by atoms with E-state index in [0.717, 1.165) is 61.3 Å². The molecule has 0 radical (unpaired) electrons. The number of hydrogen-bond acceptors (Lipinski definition) is 2. The normalized spacial score (nSPS) is 11.2. The molecule has 0 N–H and O–H groups in total. The monoisotopic (exact) mass is 715 g/mol. The van der Waals surface area contributed by atoms with Crippen LogP contribution < -0.4 is 4.90 Å². The molecule has 9 aromatic carbocycles. The molecule has 0 spiro atoms. The van der Waals surface area contributed by atoms with E-state index in [9.17, 15) is 0 Å². The van der Waals surface area contributed by atoms with Crippen molar-refractivity contribution < 1.29 is 4.42 Å². The standard InChI is InChI=1S/C54H37NO/c1-4-14-38(15-5-1)39-24-26-40(27-25-39)41-28-32-45(33-29-41)55(51-22-12-10-20-47(51)42-16-6-2-7-17-42)46-34-30-43(31-35-46)48-36-37-50-49-21-11-13-23-52(49)56-54(50)53(48)44-18-8-3-9-19-44/h1-37H. The van der Waals surface area contributed by atoms with Gasteiger partial charge in [0, 0.05) is 33.3 Å². The first-order chi connectivity index (χ1) is 27.8. The number of benzene rings is 9. The molecule has 0 aliphatic carbocycles. The molecule has 0 saturated carbocycles. The molecule has 10 rings (SSSR count). The summed E-state index contributed by atoms with van der Waals surface area (Å²) in [5.41, 5.74) is 16.7. The Morgan fingerprint density at radius 3 is 1.36 bits per heavy atom. The molecule has 56 heavy (non-hydrogen) atoms. The fourth-order valence-electron chi connectivity index (χ4n) is 7.96. The Kier molecular flexibility index (Phi) is 8.55. The Balaban J connectivity index is 1.07. The molecule has 0 bridgehead atoms. The minimum Gasteiger partial charge on any atom is -0.455 e. The zero-order chi connectivity index (χ0) is 37.3. The summed E-state index contributed by atoms with van der Waals surface area (Å²) in [7, 11) is 0. The summed E-state index contributed by atoms with van der Waals surface area (Å²) >= 11 is 0. The third-order valence-corrected chi connectivity index (χ3v) is 10.7. The van der Waals surface area contributed by atoms with Crippen LogP contribution in [0.15, 0.2) is 229 Å². The molecule has 0 unspecified atom stereocenters. The number of rotatable bonds is 8. The van der Waals surface area contributed by atoms with Crippen LogP contribution in [-0.2, 0) is 0 Å². The molecule has 10 aromatic rings. The maximum Gasteiger partial charge on any atom is 0.143 e. The number of hydrogen-bond donors (Lipinski definition) is 0. The van der Waals surface area contributed by atoms with Crippen molar-refractivity contribution in [1.29, 1.82) is 0 Å². The van der Waals surface area contributed by atoms with Gasteiger partial charge in [0.05, 0.1) is 5.69 Å². The zero-order valence-electron chi connectivity index (χ0n) is 30.7. The average Bonchev–Trinajstić information content (AvgIpc) is 3.67. The van der Waals surface area contributed by atoms with Crippen LogP contribution in [0.2, 0.25) is 0 Å². The second-order valence-electron chi connectivity index (χ2n) is 14.1. The summed E-state index contributed by atoms with van der Waals surface area (Å²) < 4.78 is 6.59. The fourth-order valence-corrected chi connectivity index (χ4v) is 7.96. The molecule has 0 fully saturated rings. The van der Waals surface area contributed by atoms with Crippen LogP contribution in [0.5, 0.6) is 0 Å². The van der Waals surface area contributed by atoms with Crippen molar-refractivity contribution in [2.75, 3.05) is 4.90 Å². The van der Waals surface area contributed by atoms with Gasteiger partial charge in [0.25, 0.3) is 0 Å². The molecule has 264 valence electrons. The predicted molar refractivity (Wildman–Crippen MR) is 236 cm³/mol. The number of para-hydroxylation sites is 2. The van der Waals surface area contributed by atoms with E-state index < -0.39 is 0 Å². The summed E-state index contributed by atoms with van der Waals surface area (Å²) in [5, 5.41) is 2.25. The Hall–Kier alpha value is -7.42. The van der Waals surface area contributed by atoms with Crippen molar-refractivity contribution in [2.45, 2.75) is 0 Å². The lowest BCUT2D eigenvalue weighted by molar-refractivity contribution is 0.670. The molecule has 0 saturated heterocycles. The maximum absolute atomic E-state index is 6.59. The molecule has 2 nitrogen and oxygen atoms in total. The van der Waals surface area contributed by atoms with Gasteiger partial charge in [-0.1, -0.05) is 182 Å². The van der Waals surface area contributed by atoms with Crippen LogP contribution in [0.4, 0.5) is 17.1 Å². The van der Waals surface area contributed by atoms with E-state index in [1.54, 1.807) is 0 Å². The van der Waals surface area contributed by atoms with Crippen LogP contribution in [-0.4, -0.2) is 0 Å². The summed E-state index contributed by atoms with van der Waals surface area (Å²) in [6.45, 7) is 0. The summed E-state index contributed by atoms with van der Waals surface area (Å²) in [6.07, 6.45) is 0. The summed E-state index contributed by atoms with van der Waals surface area (Å²) in [6, 6.07) is 79.9. The van der Waals surface area contributed by atoms with Gasteiger partial charge in [-0.05, 0) is 87.0 Å². The Labute approximate surface area is 327 Å². The van der Waals surface area contributed by atoms with Crippen LogP contribution >= 0.6 is 0 Å². The predicted octanol–water partition coefficient (Wildman–Crippen LogP) is 15.4. The van der Waals surface area contributed by atoms with Gasteiger partial charge >= 0.3 is 0 Å². The van der Waals surface area contributed by atoms with Gasteiger partial charge in [0.1, 0.15) is 11.2 Å². The quantitative estimate of drug-likeness (QED) is 0.156. The lowest BCUT2D eigenvalue weighted by Gasteiger charge is -2.28. The van der Waals surface area contributed by atoms with Crippen molar-refractivity contribution in [3.8, 4) is 55.6 Å². The first kappa shape index (κ1) is 33.2. The van der Waals surface area contributed by atoms with Crippen LogP contribution in [0, 0.1) is 0 Å². The topological polar surface area (TPSA) is 16.4 Å². The Morgan fingerprint density at radius 2 is 0.732 bits per heavy atom. The first-order valence-electron chi connectivity index (χ1n) is 19.1. The lowest BCUT2D eigenvalue weighted by Crippen LogP contribution is -2.11. The molecule has 0 atom stereocenters. The van der Waals surface area contributed by atoms with E-state index in [4.69, 9.17) is 4.42 Å². The van der Waals surface area contributed by atoms with Crippen LogP contribution in [0.3, 0.4) is 0 Å². The van der Waals surface area contributed by atoms with E-state index in [0.29, 0.717) is 0 Å². The van der Waals surface area contributed by atoms with Gasteiger partial charge in [-0.2, -0.15) is 0 Å². The maximum atomic E-state index is 6.59. The molecular weight excluding hydrogens is 679 g/mol. The first-order valence-corrected chi connectivity index (χ1v) is 19.1. The van der Waals surface area contributed by atoms with E-state index >= 15 is 0 Å². The van der Waals surface area contributed by atoms with Gasteiger partial charge in [0.15, 0.2) is 0 Å². The molecule has 1 heterocycles. The third-order valence-electron chi connectivity index (χ3n) is 10.7. The van der Waals surface area contributed by atoms with Crippen molar-refractivity contribution in [3.05, 3.63) is 224 Å². The Bertz CT molecular complexity index is 2910. The van der Waals surface area contributed by atoms with Gasteiger partial charge in [-0.25, -0.2) is 0 Å². The van der Waals surface area contributed by atoms with Gasteiger partial charge in [0.2, 0.25) is 0 Å². The molecule has 2 heteroatoms. The van der Waals surface area contributed by atoms with Crippen molar-refractivity contribution in [3.63, 3.8) is 0 Å². The lowest BCUT2D eigenvalue weighted by atomic mass is 9.92. The van der Waals surface area contributed by atoms with Crippen molar-refractivity contribution >= 4 is 39.0 Å². The highest BCUT2D eigenvalue weighted by Gasteiger charge is 2.20. The highest BCUT2D eigenvalue weighted by atomic mass is 16.3. The zero-order valence-corrected chi connectivity index (χ0v) is 30.7. The molecule has 1 aromatic heterocycles. The number of nitrogens with zero attached hydrogens (tertiary/aromatic N) is 1. The highest BCUT2D eigenvalue weighted by Crippen LogP contribution is 2.45. The fraction of sp³-hybridized carbons (Fsp3) is 0. The largest absolute Gasteiger partial charge is 0.455 e. The van der Waals surface area contributed by atoms with E-state index in [1.165, 1.54) is 33.4 Å². The van der Waals surface area contributed by atoms with Gasteiger partial charge in [-0.15, -0.1) is 0 Å². The van der Waals surface area contributed by atoms with Gasteiger partial charge in [-0.3, -0.25) is 0 Å². The van der Waals surface area contributed by atoms with Crippen LogP contribution in [0.1, 0.15) is 0 Å². The molecule has 0 amide bonds. The van der Waals surface area contributed by atoms with E-state index in [2.05, 4.69) is 223 Å². The number of anilines is 3. The molecule has 0 aliphatic rings. The Morgan fingerprint density at radius 1 is 0.286 bits per heavy atom. The average molecular weight is 716 g/mol. The van der Waals surface area contributed by atoms with Crippen LogP contribution in [0.25, 0.3) is 77.6 Å². The minimum absolute atomic E-state index is 0.898. The SMILES string of the molecule is c1ccc(-c2ccc(-c3ccc(N(c4ccc(-c5ccc6c(oc7ccccc76)c5-c5ccccc5)cc4)c4ccccc4-c4ccccc4)cc3)cc2)cc1. The highest BCUT2D eigenvalue weighted by molar-refractivity contribution is 6.12. The molecule has 0 aliphatic heterocycles. The van der Waals surface area contributed by atoms with Crippen molar-refractivity contribution in [1.82, 2.24) is 0 Å². The number of fused-ring (bicyclic) bond motifs is 3.